The lowest BCUT2D eigenvalue weighted by atomic mass is 10.1. The first-order valence-electron chi connectivity index (χ1n) is 9.33. The van der Waals surface area contributed by atoms with E-state index in [0.29, 0.717) is 31.4 Å². The number of nitrogens with one attached hydrogen (secondary N) is 1. The predicted molar refractivity (Wildman–Crippen MR) is 110 cm³/mol. The van der Waals surface area contributed by atoms with Crippen molar-refractivity contribution in [1.29, 1.82) is 0 Å². The minimum atomic E-state index is -0.0526. The Labute approximate surface area is 168 Å². The fourth-order valence-electron chi connectivity index (χ4n) is 2.69. The number of carbonyl (C=O) groups is 1. The van der Waals surface area contributed by atoms with Crippen molar-refractivity contribution in [3.63, 3.8) is 0 Å². The summed E-state index contributed by atoms with van der Waals surface area (Å²) >= 11 is 1.29. The van der Waals surface area contributed by atoms with E-state index < -0.39 is 0 Å². The van der Waals surface area contributed by atoms with Crippen LogP contribution in [0.4, 0.5) is 0 Å². The smallest absolute Gasteiger partial charge is 0.257 e. The second-order valence-corrected chi connectivity index (χ2v) is 6.91. The van der Waals surface area contributed by atoms with Gasteiger partial charge in [-0.05, 0) is 50.1 Å². The molecular formula is C21H24N2O4S. The number of oxazole rings is 1. The lowest BCUT2D eigenvalue weighted by molar-refractivity contribution is -0.118. The van der Waals surface area contributed by atoms with E-state index in [4.69, 9.17) is 13.9 Å². The largest absolute Gasteiger partial charge is 0.490 e. The van der Waals surface area contributed by atoms with Crippen LogP contribution in [0.25, 0.3) is 11.1 Å². The Morgan fingerprint density at radius 2 is 1.89 bits per heavy atom. The summed E-state index contributed by atoms with van der Waals surface area (Å²) in [5.74, 6) is 1.69. The first-order chi connectivity index (χ1) is 13.7. The van der Waals surface area contributed by atoms with Gasteiger partial charge in [-0.2, -0.15) is 0 Å². The number of para-hydroxylation sites is 2. The van der Waals surface area contributed by atoms with Gasteiger partial charge in [-0.25, -0.2) is 4.98 Å². The average molecular weight is 401 g/mol. The molecule has 28 heavy (non-hydrogen) atoms. The zero-order valence-electron chi connectivity index (χ0n) is 16.1. The number of amides is 1. The molecule has 0 radical (unpaired) electrons. The molecule has 3 aromatic rings. The first kappa shape index (κ1) is 20.1. The highest BCUT2D eigenvalue weighted by Crippen LogP contribution is 2.28. The average Bonchev–Trinajstić information content (AvgIpc) is 3.12. The molecule has 0 aliphatic rings. The summed E-state index contributed by atoms with van der Waals surface area (Å²) in [6.45, 7) is 5.60. The molecule has 0 saturated heterocycles. The van der Waals surface area contributed by atoms with Crippen LogP contribution >= 0.6 is 11.8 Å². The van der Waals surface area contributed by atoms with Gasteiger partial charge in [-0.15, -0.1) is 0 Å². The maximum atomic E-state index is 12.1. The number of ether oxygens (including phenoxy) is 2. The van der Waals surface area contributed by atoms with Crippen LogP contribution in [0, 0.1) is 0 Å². The molecule has 0 aliphatic heterocycles. The van der Waals surface area contributed by atoms with E-state index in [0.717, 1.165) is 28.2 Å². The summed E-state index contributed by atoms with van der Waals surface area (Å²) in [4.78, 5) is 16.4. The van der Waals surface area contributed by atoms with E-state index in [1.807, 2.05) is 56.3 Å². The molecule has 0 unspecified atom stereocenters. The molecule has 0 bridgehead atoms. The molecule has 1 amide bonds. The molecule has 7 heteroatoms. The molecule has 0 fully saturated rings. The normalized spacial score (nSPS) is 10.8. The minimum absolute atomic E-state index is 0.0526. The van der Waals surface area contributed by atoms with Crippen molar-refractivity contribution in [1.82, 2.24) is 10.3 Å². The third-order valence-corrected chi connectivity index (χ3v) is 4.77. The lowest BCUT2D eigenvalue weighted by Gasteiger charge is -2.12. The van der Waals surface area contributed by atoms with Gasteiger partial charge in [-0.1, -0.05) is 30.0 Å². The number of thioether (sulfide) groups is 1. The van der Waals surface area contributed by atoms with Crippen LogP contribution in [-0.4, -0.2) is 36.4 Å². The van der Waals surface area contributed by atoms with E-state index in [2.05, 4.69) is 10.3 Å². The van der Waals surface area contributed by atoms with Gasteiger partial charge in [0, 0.05) is 6.54 Å². The molecule has 0 atom stereocenters. The van der Waals surface area contributed by atoms with Crippen LogP contribution in [0.3, 0.4) is 0 Å². The monoisotopic (exact) mass is 400 g/mol. The summed E-state index contributed by atoms with van der Waals surface area (Å²) < 4.78 is 16.8. The quantitative estimate of drug-likeness (QED) is 0.517. The highest BCUT2D eigenvalue weighted by molar-refractivity contribution is 7.99. The van der Waals surface area contributed by atoms with E-state index in [1.165, 1.54) is 11.8 Å². The number of carbonyl (C=O) groups excluding carboxylic acids is 1. The minimum Gasteiger partial charge on any atom is -0.490 e. The second kappa shape index (κ2) is 10.0. The molecule has 148 valence electrons. The standard InChI is InChI=1S/C21H24N2O4S/c1-3-25-18-10-9-15(13-19(18)26-4-2)11-12-22-20(24)14-28-21-23-16-7-5-6-8-17(16)27-21/h5-10,13H,3-4,11-12,14H2,1-2H3,(H,22,24). The van der Waals surface area contributed by atoms with Gasteiger partial charge < -0.3 is 19.2 Å². The molecule has 1 aromatic heterocycles. The van der Waals surface area contributed by atoms with Crippen LogP contribution < -0.4 is 14.8 Å². The van der Waals surface area contributed by atoms with Gasteiger partial charge in [0.15, 0.2) is 17.1 Å². The molecule has 6 nitrogen and oxygen atoms in total. The number of rotatable bonds is 10. The van der Waals surface area contributed by atoms with Gasteiger partial charge in [0.25, 0.3) is 5.22 Å². The highest BCUT2D eigenvalue weighted by Gasteiger charge is 2.10. The number of hydrogen-bond donors (Lipinski definition) is 1. The second-order valence-electron chi connectivity index (χ2n) is 5.98. The van der Waals surface area contributed by atoms with Crippen LogP contribution in [-0.2, 0) is 11.2 Å². The van der Waals surface area contributed by atoms with Crippen molar-refractivity contribution in [2.75, 3.05) is 25.5 Å². The Hall–Kier alpha value is -2.67. The summed E-state index contributed by atoms with van der Waals surface area (Å²) in [5.41, 5.74) is 2.61. The Balaban J connectivity index is 1.46. The van der Waals surface area contributed by atoms with Crippen molar-refractivity contribution >= 4 is 28.8 Å². The Bertz CT molecular complexity index is 893. The topological polar surface area (TPSA) is 73.6 Å². The summed E-state index contributed by atoms with van der Waals surface area (Å²) in [5, 5.41) is 3.43. The SMILES string of the molecule is CCOc1ccc(CCNC(=O)CSc2nc3ccccc3o2)cc1OCC. The molecule has 1 heterocycles. The molecule has 0 saturated carbocycles. The number of fused-ring (bicyclic) bond motifs is 1. The molecule has 1 N–H and O–H groups in total. The molecular weight excluding hydrogens is 376 g/mol. The van der Waals surface area contributed by atoms with E-state index in [9.17, 15) is 4.79 Å². The van der Waals surface area contributed by atoms with E-state index >= 15 is 0 Å². The van der Waals surface area contributed by atoms with Crippen molar-refractivity contribution in [3.8, 4) is 11.5 Å². The summed E-state index contributed by atoms with van der Waals surface area (Å²) in [7, 11) is 0. The molecule has 0 aliphatic carbocycles. The van der Waals surface area contributed by atoms with Gasteiger partial charge in [0.05, 0.1) is 19.0 Å². The number of nitrogens with zero attached hydrogens (tertiary/aromatic N) is 1. The van der Waals surface area contributed by atoms with Crippen molar-refractivity contribution in [3.05, 3.63) is 48.0 Å². The zero-order chi connectivity index (χ0) is 19.8. The van der Waals surface area contributed by atoms with Crippen LogP contribution in [0.2, 0.25) is 0 Å². The van der Waals surface area contributed by atoms with Gasteiger partial charge in [0.1, 0.15) is 5.52 Å². The highest BCUT2D eigenvalue weighted by atomic mass is 32.2. The van der Waals surface area contributed by atoms with Gasteiger partial charge in [0.2, 0.25) is 5.91 Å². The maximum absolute atomic E-state index is 12.1. The zero-order valence-corrected chi connectivity index (χ0v) is 16.9. The van der Waals surface area contributed by atoms with Crippen molar-refractivity contribution in [2.24, 2.45) is 0 Å². The summed E-state index contributed by atoms with van der Waals surface area (Å²) in [6, 6.07) is 13.4. The molecule has 3 rings (SSSR count). The fourth-order valence-corrected chi connectivity index (χ4v) is 3.36. The predicted octanol–water partition coefficient (Wildman–Crippen LogP) is 4.08. The van der Waals surface area contributed by atoms with Gasteiger partial charge >= 0.3 is 0 Å². The number of benzene rings is 2. The van der Waals surface area contributed by atoms with Crippen LogP contribution in [0.1, 0.15) is 19.4 Å². The Morgan fingerprint density at radius 3 is 2.68 bits per heavy atom. The number of hydrogen-bond acceptors (Lipinski definition) is 6. The summed E-state index contributed by atoms with van der Waals surface area (Å²) in [6.07, 6.45) is 0.714. The third-order valence-electron chi connectivity index (χ3n) is 3.94. The fraction of sp³-hybridized carbons (Fsp3) is 0.333. The maximum Gasteiger partial charge on any atom is 0.257 e. The molecule has 2 aromatic carbocycles. The molecule has 0 spiro atoms. The lowest BCUT2D eigenvalue weighted by Crippen LogP contribution is -2.27. The third kappa shape index (κ3) is 5.42. The van der Waals surface area contributed by atoms with E-state index in [-0.39, 0.29) is 11.7 Å². The number of aromatic nitrogens is 1. The van der Waals surface area contributed by atoms with Crippen molar-refractivity contribution < 1.29 is 18.7 Å². The van der Waals surface area contributed by atoms with Crippen LogP contribution in [0.5, 0.6) is 11.5 Å². The Kier molecular flexibility index (Phi) is 7.19. The van der Waals surface area contributed by atoms with Crippen molar-refractivity contribution in [2.45, 2.75) is 25.5 Å². The van der Waals surface area contributed by atoms with E-state index in [1.54, 1.807) is 0 Å². The van der Waals surface area contributed by atoms with Crippen LogP contribution in [0.15, 0.2) is 52.1 Å². The van der Waals surface area contributed by atoms with Gasteiger partial charge in [-0.3, -0.25) is 4.79 Å². The first-order valence-corrected chi connectivity index (χ1v) is 10.3. The Morgan fingerprint density at radius 1 is 1.11 bits per heavy atom.